The Morgan fingerprint density at radius 2 is 2.00 bits per heavy atom. The predicted octanol–water partition coefficient (Wildman–Crippen LogP) is 1.93. The minimum Gasteiger partial charge on any atom is -0.370 e. The van der Waals surface area contributed by atoms with Gasteiger partial charge in [0, 0.05) is 25.7 Å². The van der Waals surface area contributed by atoms with Crippen molar-refractivity contribution in [2.24, 2.45) is 0 Å². The van der Waals surface area contributed by atoms with E-state index in [1.807, 2.05) is 0 Å². The molecule has 0 saturated carbocycles. The van der Waals surface area contributed by atoms with Crippen LogP contribution in [-0.4, -0.2) is 30.1 Å². The predicted molar refractivity (Wildman–Crippen MR) is 64.5 cm³/mol. The van der Waals surface area contributed by atoms with Crippen LogP contribution in [0.3, 0.4) is 0 Å². The van der Waals surface area contributed by atoms with Crippen LogP contribution in [-0.2, 0) is 6.42 Å². The van der Waals surface area contributed by atoms with Gasteiger partial charge < -0.3 is 10.2 Å². The van der Waals surface area contributed by atoms with Gasteiger partial charge in [-0.25, -0.2) is 9.97 Å². The van der Waals surface area contributed by atoms with Crippen LogP contribution >= 0.6 is 0 Å². The lowest BCUT2D eigenvalue weighted by molar-refractivity contribution is 0.900. The first-order valence-corrected chi connectivity index (χ1v) is 5.53. The molecule has 0 aliphatic carbocycles. The second-order valence-corrected chi connectivity index (χ2v) is 3.42. The molecule has 15 heavy (non-hydrogen) atoms. The van der Waals surface area contributed by atoms with Crippen molar-refractivity contribution in [2.75, 3.05) is 30.4 Å². The third kappa shape index (κ3) is 2.58. The molecule has 0 spiro atoms. The van der Waals surface area contributed by atoms with Gasteiger partial charge in [-0.05, 0) is 20.3 Å². The maximum atomic E-state index is 4.34. The third-order valence-electron chi connectivity index (χ3n) is 2.46. The lowest BCUT2D eigenvalue weighted by atomic mass is 10.2. The van der Waals surface area contributed by atoms with E-state index >= 15 is 0 Å². The number of anilines is 2. The lowest BCUT2D eigenvalue weighted by Gasteiger charge is -2.20. The number of aromatic nitrogens is 2. The summed E-state index contributed by atoms with van der Waals surface area (Å²) >= 11 is 0. The summed E-state index contributed by atoms with van der Waals surface area (Å²) in [4.78, 5) is 10.7. The summed E-state index contributed by atoms with van der Waals surface area (Å²) < 4.78 is 0. The summed E-state index contributed by atoms with van der Waals surface area (Å²) in [6, 6.07) is 0. The highest BCUT2D eigenvalue weighted by Gasteiger charge is 2.11. The maximum Gasteiger partial charge on any atom is 0.137 e. The van der Waals surface area contributed by atoms with E-state index in [2.05, 4.69) is 48.0 Å². The van der Waals surface area contributed by atoms with E-state index in [0.717, 1.165) is 31.1 Å². The Bertz CT molecular complexity index is 311. The first-order chi connectivity index (χ1) is 7.24. The second-order valence-electron chi connectivity index (χ2n) is 3.42. The van der Waals surface area contributed by atoms with Crippen molar-refractivity contribution in [1.29, 1.82) is 0 Å². The van der Waals surface area contributed by atoms with Crippen LogP contribution in [0.15, 0.2) is 6.33 Å². The van der Waals surface area contributed by atoms with E-state index in [9.17, 15) is 0 Å². The van der Waals surface area contributed by atoms with Crippen molar-refractivity contribution in [3.05, 3.63) is 11.9 Å². The molecule has 0 bridgehead atoms. The summed E-state index contributed by atoms with van der Waals surface area (Å²) in [6.45, 7) is 8.17. The molecule has 0 aromatic carbocycles. The standard InChI is InChI=1S/C11H20N4/c1-5-9-10(12-6-2)13-8-14-11(9)15(4)7-3/h8H,5-7H2,1-4H3,(H,12,13,14). The van der Waals surface area contributed by atoms with Crippen LogP contribution in [0.25, 0.3) is 0 Å². The fourth-order valence-electron chi connectivity index (χ4n) is 1.53. The van der Waals surface area contributed by atoms with Gasteiger partial charge in [0.25, 0.3) is 0 Å². The van der Waals surface area contributed by atoms with Gasteiger partial charge in [0.2, 0.25) is 0 Å². The number of nitrogens with zero attached hydrogens (tertiary/aromatic N) is 3. The highest BCUT2D eigenvalue weighted by atomic mass is 15.2. The molecule has 0 unspecified atom stereocenters. The van der Waals surface area contributed by atoms with Crippen molar-refractivity contribution < 1.29 is 0 Å². The van der Waals surface area contributed by atoms with Crippen molar-refractivity contribution in [1.82, 2.24) is 9.97 Å². The molecule has 0 radical (unpaired) electrons. The van der Waals surface area contributed by atoms with Gasteiger partial charge in [-0.1, -0.05) is 6.92 Å². The van der Waals surface area contributed by atoms with Crippen LogP contribution in [0.1, 0.15) is 26.3 Å². The molecule has 1 aromatic heterocycles. The van der Waals surface area contributed by atoms with Crippen LogP contribution in [0.5, 0.6) is 0 Å². The Labute approximate surface area is 91.7 Å². The van der Waals surface area contributed by atoms with Crippen molar-refractivity contribution in [2.45, 2.75) is 27.2 Å². The van der Waals surface area contributed by atoms with Gasteiger partial charge in [0.15, 0.2) is 0 Å². The molecule has 0 aliphatic heterocycles. The molecule has 0 fully saturated rings. The minimum absolute atomic E-state index is 0.888. The first-order valence-electron chi connectivity index (χ1n) is 5.53. The van der Waals surface area contributed by atoms with E-state index in [4.69, 9.17) is 0 Å². The average Bonchev–Trinajstić information content (AvgIpc) is 2.28. The normalized spacial score (nSPS) is 10.1. The minimum atomic E-state index is 0.888. The zero-order valence-electron chi connectivity index (χ0n) is 10.0. The largest absolute Gasteiger partial charge is 0.370 e. The fraction of sp³-hybridized carbons (Fsp3) is 0.636. The SMILES string of the molecule is CCNc1ncnc(N(C)CC)c1CC. The van der Waals surface area contributed by atoms with E-state index in [0.29, 0.717) is 0 Å². The number of hydrogen-bond acceptors (Lipinski definition) is 4. The monoisotopic (exact) mass is 208 g/mol. The Morgan fingerprint density at radius 3 is 2.53 bits per heavy atom. The van der Waals surface area contributed by atoms with E-state index in [1.54, 1.807) is 6.33 Å². The van der Waals surface area contributed by atoms with Crippen LogP contribution < -0.4 is 10.2 Å². The Morgan fingerprint density at radius 1 is 1.27 bits per heavy atom. The molecule has 0 saturated heterocycles. The molecule has 0 atom stereocenters. The van der Waals surface area contributed by atoms with Crippen molar-refractivity contribution >= 4 is 11.6 Å². The number of rotatable bonds is 5. The summed E-state index contributed by atoms with van der Waals surface area (Å²) in [5.41, 5.74) is 1.20. The third-order valence-corrected chi connectivity index (χ3v) is 2.46. The molecule has 84 valence electrons. The summed E-state index contributed by atoms with van der Waals surface area (Å²) in [5.74, 6) is 2.00. The van der Waals surface area contributed by atoms with Gasteiger partial charge in [0.1, 0.15) is 18.0 Å². The zero-order valence-corrected chi connectivity index (χ0v) is 10.0. The summed E-state index contributed by atoms with van der Waals surface area (Å²) in [7, 11) is 2.05. The Hall–Kier alpha value is -1.32. The van der Waals surface area contributed by atoms with Crippen LogP contribution in [0.4, 0.5) is 11.6 Å². The quantitative estimate of drug-likeness (QED) is 0.802. The van der Waals surface area contributed by atoms with Gasteiger partial charge >= 0.3 is 0 Å². The van der Waals surface area contributed by atoms with Gasteiger partial charge in [-0.2, -0.15) is 0 Å². The van der Waals surface area contributed by atoms with Crippen molar-refractivity contribution in [3.63, 3.8) is 0 Å². The topological polar surface area (TPSA) is 41.1 Å². The maximum absolute atomic E-state index is 4.34. The molecule has 1 rings (SSSR count). The van der Waals surface area contributed by atoms with E-state index in [-0.39, 0.29) is 0 Å². The Kier molecular flexibility index (Phi) is 4.34. The molecule has 1 N–H and O–H groups in total. The molecule has 4 nitrogen and oxygen atoms in total. The highest BCUT2D eigenvalue weighted by molar-refractivity contribution is 5.58. The van der Waals surface area contributed by atoms with Crippen molar-refractivity contribution in [3.8, 4) is 0 Å². The molecule has 1 heterocycles. The van der Waals surface area contributed by atoms with Gasteiger partial charge in [-0.15, -0.1) is 0 Å². The molecule has 0 amide bonds. The molecule has 4 heteroatoms. The molecule has 0 aliphatic rings. The Balaban J connectivity index is 3.09. The smallest absolute Gasteiger partial charge is 0.137 e. The van der Waals surface area contributed by atoms with E-state index in [1.165, 1.54) is 5.56 Å². The number of hydrogen-bond donors (Lipinski definition) is 1. The lowest BCUT2D eigenvalue weighted by Crippen LogP contribution is -2.20. The first kappa shape index (κ1) is 11.8. The van der Waals surface area contributed by atoms with Gasteiger partial charge in [0.05, 0.1) is 0 Å². The number of nitrogens with one attached hydrogen (secondary N) is 1. The average molecular weight is 208 g/mol. The second kappa shape index (κ2) is 5.53. The van der Waals surface area contributed by atoms with Crippen LogP contribution in [0.2, 0.25) is 0 Å². The summed E-state index contributed by atoms with van der Waals surface area (Å²) in [5, 5.41) is 3.27. The van der Waals surface area contributed by atoms with Crippen LogP contribution in [0, 0.1) is 0 Å². The van der Waals surface area contributed by atoms with E-state index < -0.39 is 0 Å². The fourth-order valence-corrected chi connectivity index (χ4v) is 1.53. The molecular weight excluding hydrogens is 188 g/mol. The zero-order chi connectivity index (χ0) is 11.3. The molecule has 1 aromatic rings. The molecular formula is C11H20N4. The highest BCUT2D eigenvalue weighted by Crippen LogP contribution is 2.22. The van der Waals surface area contributed by atoms with Gasteiger partial charge in [-0.3, -0.25) is 0 Å². The summed E-state index contributed by atoms with van der Waals surface area (Å²) in [6.07, 6.45) is 2.57.